The minimum absolute atomic E-state index is 0.0488. The van der Waals surface area contributed by atoms with Gasteiger partial charge in [0.05, 0.1) is 5.56 Å². The first kappa shape index (κ1) is 15.6. The Morgan fingerprint density at radius 3 is 2.48 bits per heavy atom. The van der Waals surface area contributed by atoms with E-state index in [4.69, 9.17) is 5.11 Å². The fraction of sp³-hybridized carbons (Fsp3) is 0.389. The maximum atomic E-state index is 12.4. The minimum Gasteiger partial charge on any atom is -0.508 e. The van der Waals surface area contributed by atoms with E-state index in [0.29, 0.717) is 11.3 Å². The number of carbonyl (C=O) groups excluding carboxylic acids is 1. The van der Waals surface area contributed by atoms with Crippen molar-refractivity contribution in [1.82, 2.24) is 5.32 Å². The Morgan fingerprint density at radius 2 is 1.78 bits per heavy atom. The van der Waals surface area contributed by atoms with Gasteiger partial charge in [-0.25, -0.2) is 0 Å². The maximum absolute atomic E-state index is 12.4. The van der Waals surface area contributed by atoms with Crippen molar-refractivity contribution in [1.29, 1.82) is 0 Å². The Hall–Kier alpha value is -2.27. The van der Waals surface area contributed by atoms with Gasteiger partial charge in [0.2, 0.25) is 0 Å². The van der Waals surface area contributed by atoms with Gasteiger partial charge in [-0.1, -0.05) is 12.1 Å². The van der Waals surface area contributed by atoms with E-state index in [0.717, 1.165) is 31.1 Å². The number of hydrogen-bond acceptors (Lipinski definition) is 4. The Balaban J connectivity index is 1.77. The molecule has 0 heterocycles. The molecule has 122 valence electrons. The van der Waals surface area contributed by atoms with E-state index >= 15 is 0 Å². The molecule has 5 heteroatoms. The topological polar surface area (TPSA) is 89.8 Å². The molecule has 0 aliphatic heterocycles. The maximum Gasteiger partial charge on any atom is 0.255 e. The van der Waals surface area contributed by atoms with Gasteiger partial charge in [-0.15, -0.1) is 0 Å². The molecule has 0 spiro atoms. The van der Waals surface area contributed by atoms with Crippen LogP contribution in [0.15, 0.2) is 30.3 Å². The normalized spacial score (nSPS) is 21.3. The summed E-state index contributed by atoms with van der Waals surface area (Å²) in [5, 5.41) is 33.2. The van der Waals surface area contributed by atoms with Gasteiger partial charge in [0.1, 0.15) is 11.5 Å². The third-order valence-electron chi connectivity index (χ3n) is 4.66. The zero-order valence-electron chi connectivity index (χ0n) is 12.8. The SMILES string of the molecule is O=C(NC1CCC(CO)CC1)c1ccc2ccc(O)cc2c1O. The number of fused-ring (bicyclic) bond motifs is 1. The van der Waals surface area contributed by atoms with Crippen molar-refractivity contribution < 1.29 is 20.1 Å². The molecule has 1 aliphatic rings. The van der Waals surface area contributed by atoms with Crippen molar-refractivity contribution >= 4 is 16.7 Å². The summed E-state index contributed by atoms with van der Waals surface area (Å²) in [5.41, 5.74) is 0.215. The zero-order chi connectivity index (χ0) is 16.4. The summed E-state index contributed by atoms with van der Waals surface area (Å²) < 4.78 is 0. The number of carbonyl (C=O) groups is 1. The predicted molar refractivity (Wildman–Crippen MR) is 87.6 cm³/mol. The van der Waals surface area contributed by atoms with E-state index in [1.165, 1.54) is 6.07 Å². The average Bonchev–Trinajstić information content (AvgIpc) is 2.56. The van der Waals surface area contributed by atoms with Crippen LogP contribution in [0.25, 0.3) is 10.8 Å². The number of aliphatic hydroxyl groups is 1. The van der Waals surface area contributed by atoms with Gasteiger partial charge in [0.15, 0.2) is 0 Å². The van der Waals surface area contributed by atoms with Gasteiger partial charge in [0, 0.05) is 18.0 Å². The fourth-order valence-corrected chi connectivity index (χ4v) is 3.23. The molecular weight excluding hydrogens is 294 g/mol. The Labute approximate surface area is 134 Å². The zero-order valence-corrected chi connectivity index (χ0v) is 12.8. The lowest BCUT2D eigenvalue weighted by Crippen LogP contribution is -2.38. The molecule has 0 radical (unpaired) electrons. The predicted octanol–water partition coefficient (Wildman–Crippen LogP) is 2.53. The van der Waals surface area contributed by atoms with Crippen LogP contribution >= 0.6 is 0 Å². The number of nitrogens with one attached hydrogen (secondary N) is 1. The quantitative estimate of drug-likeness (QED) is 0.700. The third kappa shape index (κ3) is 3.24. The van der Waals surface area contributed by atoms with Crippen LogP contribution in [0.4, 0.5) is 0 Å². The van der Waals surface area contributed by atoms with E-state index in [2.05, 4.69) is 5.32 Å². The third-order valence-corrected chi connectivity index (χ3v) is 4.66. The van der Waals surface area contributed by atoms with Crippen LogP contribution in [0.3, 0.4) is 0 Å². The number of phenolic OH excluding ortho intramolecular Hbond substituents is 2. The first-order valence-electron chi connectivity index (χ1n) is 7.95. The molecule has 2 aromatic rings. The van der Waals surface area contributed by atoms with Gasteiger partial charge in [-0.05, 0) is 55.2 Å². The molecule has 0 aromatic heterocycles. The van der Waals surface area contributed by atoms with Crippen LogP contribution in [-0.2, 0) is 0 Å². The van der Waals surface area contributed by atoms with Crippen LogP contribution < -0.4 is 5.32 Å². The second-order valence-electron chi connectivity index (χ2n) is 6.24. The van der Waals surface area contributed by atoms with Crippen molar-refractivity contribution in [2.45, 2.75) is 31.7 Å². The average molecular weight is 315 g/mol. The summed E-state index contributed by atoms with van der Waals surface area (Å²) in [6.45, 7) is 0.204. The van der Waals surface area contributed by atoms with E-state index < -0.39 is 0 Å². The molecule has 23 heavy (non-hydrogen) atoms. The smallest absolute Gasteiger partial charge is 0.255 e. The van der Waals surface area contributed by atoms with Crippen molar-refractivity contribution in [2.24, 2.45) is 5.92 Å². The van der Waals surface area contributed by atoms with Crippen LogP contribution in [-0.4, -0.2) is 33.9 Å². The van der Waals surface area contributed by atoms with Crippen LogP contribution in [0.5, 0.6) is 11.5 Å². The molecule has 1 amide bonds. The number of phenols is 2. The van der Waals surface area contributed by atoms with Crippen molar-refractivity contribution in [3.8, 4) is 11.5 Å². The highest BCUT2D eigenvalue weighted by molar-refractivity contribution is 6.03. The van der Waals surface area contributed by atoms with E-state index in [-0.39, 0.29) is 35.6 Å². The highest BCUT2D eigenvalue weighted by Gasteiger charge is 2.23. The largest absolute Gasteiger partial charge is 0.508 e. The lowest BCUT2D eigenvalue weighted by atomic mass is 9.86. The fourth-order valence-electron chi connectivity index (χ4n) is 3.23. The van der Waals surface area contributed by atoms with Crippen LogP contribution in [0, 0.1) is 5.92 Å². The van der Waals surface area contributed by atoms with Gasteiger partial charge < -0.3 is 20.6 Å². The van der Waals surface area contributed by atoms with Crippen molar-refractivity contribution in [2.75, 3.05) is 6.61 Å². The van der Waals surface area contributed by atoms with Crippen LogP contribution in [0.1, 0.15) is 36.0 Å². The standard InChI is InChI=1S/C18H21NO4/c20-10-11-1-5-13(6-2-11)19-18(23)15-8-4-12-3-7-14(21)9-16(12)17(15)22/h3-4,7-9,11,13,20-22H,1-2,5-6,10H2,(H,19,23). The van der Waals surface area contributed by atoms with Gasteiger partial charge in [0.25, 0.3) is 5.91 Å². The summed E-state index contributed by atoms with van der Waals surface area (Å²) in [6.07, 6.45) is 3.48. The Morgan fingerprint density at radius 1 is 1.09 bits per heavy atom. The molecule has 0 saturated heterocycles. The summed E-state index contributed by atoms with van der Waals surface area (Å²) in [6, 6.07) is 8.12. The van der Waals surface area contributed by atoms with Crippen LogP contribution in [0.2, 0.25) is 0 Å². The highest BCUT2D eigenvalue weighted by atomic mass is 16.3. The molecular formula is C18H21NO4. The molecule has 1 aliphatic carbocycles. The molecule has 1 saturated carbocycles. The first-order valence-corrected chi connectivity index (χ1v) is 7.95. The second kappa shape index (κ2) is 6.46. The van der Waals surface area contributed by atoms with E-state index in [1.807, 2.05) is 0 Å². The number of aliphatic hydroxyl groups excluding tert-OH is 1. The molecule has 2 aromatic carbocycles. The van der Waals surface area contributed by atoms with Gasteiger partial charge in [-0.3, -0.25) is 4.79 Å². The Kier molecular flexibility index (Phi) is 4.39. The molecule has 5 nitrogen and oxygen atoms in total. The molecule has 3 rings (SSSR count). The molecule has 0 atom stereocenters. The molecule has 0 unspecified atom stereocenters. The lowest BCUT2D eigenvalue weighted by Gasteiger charge is -2.28. The first-order chi connectivity index (χ1) is 11.1. The summed E-state index contributed by atoms with van der Waals surface area (Å²) >= 11 is 0. The second-order valence-corrected chi connectivity index (χ2v) is 6.24. The number of amides is 1. The monoisotopic (exact) mass is 315 g/mol. The summed E-state index contributed by atoms with van der Waals surface area (Å²) in [7, 11) is 0. The van der Waals surface area contributed by atoms with Gasteiger partial charge >= 0.3 is 0 Å². The van der Waals surface area contributed by atoms with Crippen molar-refractivity contribution in [3.05, 3.63) is 35.9 Å². The highest BCUT2D eigenvalue weighted by Crippen LogP contribution is 2.32. The van der Waals surface area contributed by atoms with Gasteiger partial charge in [-0.2, -0.15) is 0 Å². The lowest BCUT2D eigenvalue weighted by molar-refractivity contribution is 0.0911. The minimum atomic E-state index is -0.305. The van der Waals surface area contributed by atoms with Crippen molar-refractivity contribution in [3.63, 3.8) is 0 Å². The summed E-state index contributed by atoms with van der Waals surface area (Å²) in [4.78, 5) is 12.4. The number of benzene rings is 2. The molecule has 1 fully saturated rings. The number of aromatic hydroxyl groups is 2. The Bertz CT molecular complexity index is 720. The van der Waals surface area contributed by atoms with E-state index in [1.54, 1.807) is 24.3 Å². The van der Waals surface area contributed by atoms with E-state index in [9.17, 15) is 15.0 Å². The number of rotatable bonds is 3. The molecule has 4 N–H and O–H groups in total. The summed E-state index contributed by atoms with van der Waals surface area (Å²) in [5.74, 6) is -0.0342. The molecule has 0 bridgehead atoms. The number of hydrogen-bond donors (Lipinski definition) is 4.